The quantitative estimate of drug-likeness (QED) is 0.540. The van der Waals surface area contributed by atoms with E-state index in [9.17, 15) is 17.6 Å². The second-order valence-corrected chi connectivity index (χ2v) is 9.85. The number of nitrogens with one attached hydrogen (secondary N) is 1. The smallest absolute Gasteiger partial charge is 0.227 e. The Morgan fingerprint density at radius 3 is 2.38 bits per heavy atom. The molecule has 0 fully saturated rings. The molecule has 0 unspecified atom stereocenters. The summed E-state index contributed by atoms with van der Waals surface area (Å²) in [7, 11) is -3.66. The van der Waals surface area contributed by atoms with E-state index in [0.717, 1.165) is 23.4 Å². The molecule has 1 aromatic heterocycles. The lowest BCUT2D eigenvalue weighted by molar-refractivity contribution is -0.115. The van der Waals surface area contributed by atoms with Crippen LogP contribution in [-0.2, 0) is 14.6 Å². The van der Waals surface area contributed by atoms with Gasteiger partial charge in [0.2, 0.25) is 5.91 Å². The van der Waals surface area contributed by atoms with Crippen molar-refractivity contribution in [3.63, 3.8) is 0 Å². The third-order valence-corrected chi connectivity index (χ3v) is 6.88. The number of hydrogen-bond acceptors (Lipinski definition) is 5. The van der Waals surface area contributed by atoms with Gasteiger partial charge in [-0.3, -0.25) is 4.79 Å². The van der Waals surface area contributed by atoms with Gasteiger partial charge in [-0.2, -0.15) is 0 Å². The number of hydrogen-bond donors (Lipinski definition) is 1. The van der Waals surface area contributed by atoms with Crippen LogP contribution >= 0.6 is 11.3 Å². The van der Waals surface area contributed by atoms with Gasteiger partial charge in [0.25, 0.3) is 0 Å². The molecule has 1 heterocycles. The van der Waals surface area contributed by atoms with E-state index < -0.39 is 21.6 Å². The number of sulfone groups is 1. The van der Waals surface area contributed by atoms with Crippen molar-refractivity contribution in [2.24, 2.45) is 0 Å². The number of benzene rings is 2. The number of rotatable bonds is 7. The highest BCUT2D eigenvalue weighted by Gasteiger charge is 2.17. The van der Waals surface area contributed by atoms with Crippen molar-refractivity contribution in [3.8, 4) is 11.3 Å². The van der Waals surface area contributed by atoms with Crippen LogP contribution in [-0.4, -0.2) is 25.1 Å². The molecule has 0 spiro atoms. The van der Waals surface area contributed by atoms with Crippen molar-refractivity contribution in [2.45, 2.75) is 31.1 Å². The van der Waals surface area contributed by atoms with E-state index in [1.54, 1.807) is 0 Å². The zero-order valence-corrected chi connectivity index (χ0v) is 17.7. The molecule has 0 bridgehead atoms. The van der Waals surface area contributed by atoms with Crippen molar-refractivity contribution in [2.75, 3.05) is 11.1 Å². The molecule has 1 amide bonds. The fraction of sp³-hybridized carbons (Fsp3) is 0.238. The Kier molecular flexibility index (Phi) is 6.44. The fourth-order valence-electron chi connectivity index (χ4n) is 2.67. The zero-order valence-electron chi connectivity index (χ0n) is 16.1. The Hall–Kier alpha value is -2.58. The summed E-state index contributed by atoms with van der Waals surface area (Å²) in [6.07, 6.45) is -0.211. The van der Waals surface area contributed by atoms with Crippen LogP contribution in [0.15, 0.2) is 58.8 Å². The van der Waals surface area contributed by atoms with Gasteiger partial charge in [0.15, 0.2) is 15.0 Å². The molecule has 0 saturated heterocycles. The van der Waals surface area contributed by atoms with Crippen LogP contribution in [0.5, 0.6) is 0 Å². The molecule has 5 nitrogen and oxygen atoms in total. The summed E-state index contributed by atoms with van der Waals surface area (Å²) in [6.45, 7) is 4.25. The van der Waals surface area contributed by atoms with Crippen molar-refractivity contribution >= 4 is 32.2 Å². The highest BCUT2D eigenvalue weighted by Crippen LogP contribution is 2.26. The maximum Gasteiger partial charge on any atom is 0.227 e. The fourth-order valence-corrected chi connectivity index (χ4v) is 4.65. The molecule has 29 heavy (non-hydrogen) atoms. The van der Waals surface area contributed by atoms with E-state index in [0.29, 0.717) is 11.0 Å². The van der Waals surface area contributed by atoms with Gasteiger partial charge in [-0.25, -0.2) is 17.8 Å². The standard InChI is InChI=1S/C21H21FN2O3S2/c1-14(2)15-3-5-16(6-4-15)19-13-28-21(23-19)24-20(25)11-12-29(26,27)18-9-7-17(22)8-10-18/h3-10,13-14H,11-12H2,1-2H3,(H,23,24,25). The van der Waals surface area contributed by atoms with E-state index in [1.807, 2.05) is 17.5 Å². The lowest BCUT2D eigenvalue weighted by Crippen LogP contribution is -2.17. The summed E-state index contributed by atoms with van der Waals surface area (Å²) in [5.74, 6) is -0.869. The first-order chi connectivity index (χ1) is 13.7. The van der Waals surface area contributed by atoms with Gasteiger partial charge in [0, 0.05) is 17.4 Å². The number of carbonyl (C=O) groups is 1. The molecule has 0 aliphatic heterocycles. The van der Waals surface area contributed by atoms with Crippen LogP contribution in [0.1, 0.15) is 31.7 Å². The summed E-state index contributed by atoms with van der Waals surface area (Å²) in [6, 6.07) is 12.6. The Morgan fingerprint density at radius 1 is 1.10 bits per heavy atom. The summed E-state index contributed by atoms with van der Waals surface area (Å²) >= 11 is 1.28. The zero-order chi connectivity index (χ0) is 21.0. The molecule has 0 atom stereocenters. The summed E-state index contributed by atoms with van der Waals surface area (Å²) in [5, 5.41) is 4.90. The van der Waals surface area contributed by atoms with E-state index in [4.69, 9.17) is 0 Å². The average Bonchev–Trinajstić information content (AvgIpc) is 3.15. The number of anilines is 1. The predicted molar refractivity (Wildman–Crippen MR) is 113 cm³/mol. The summed E-state index contributed by atoms with van der Waals surface area (Å²) in [4.78, 5) is 16.5. The van der Waals surface area contributed by atoms with E-state index in [-0.39, 0.29) is 17.1 Å². The normalized spacial score (nSPS) is 11.6. The molecule has 3 rings (SSSR count). The van der Waals surface area contributed by atoms with Crippen LogP contribution < -0.4 is 5.32 Å². The summed E-state index contributed by atoms with van der Waals surface area (Å²) < 4.78 is 37.4. The van der Waals surface area contributed by atoms with Crippen molar-refractivity contribution in [1.82, 2.24) is 4.98 Å². The Bertz CT molecular complexity index is 1090. The molecular formula is C21H21FN2O3S2. The van der Waals surface area contributed by atoms with E-state index >= 15 is 0 Å². The lowest BCUT2D eigenvalue weighted by atomic mass is 10.0. The molecule has 8 heteroatoms. The number of carbonyl (C=O) groups excluding carboxylic acids is 1. The monoisotopic (exact) mass is 432 g/mol. The van der Waals surface area contributed by atoms with Crippen LogP contribution in [0.4, 0.5) is 9.52 Å². The number of aromatic nitrogens is 1. The minimum absolute atomic E-state index is 0.00641. The topological polar surface area (TPSA) is 76.1 Å². The van der Waals surface area contributed by atoms with Gasteiger partial charge >= 0.3 is 0 Å². The average molecular weight is 433 g/mol. The first kappa shape index (κ1) is 21.1. The van der Waals surface area contributed by atoms with E-state index in [1.165, 1.54) is 29.0 Å². The molecule has 3 aromatic rings. The molecule has 0 saturated carbocycles. The number of halogens is 1. The molecule has 0 radical (unpaired) electrons. The minimum Gasteiger partial charge on any atom is -0.302 e. The van der Waals surface area contributed by atoms with Gasteiger partial charge in [-0.15, -0.1) is 11.3 Å². The molecule has 152 valence electrons. The second-order valence-electron chi connectivity index (χ2n) is 6.89. The van der Waals surface area contributed by atoms with E-state index in [2.05, 4.69) is 36.3 Å². The molecular weight excluding hydrogens is 411 g/mol. The SMILES string of the molecule is CC(C)c1ccc(-c2csc(NC(=O)CCS(=O)(=O)c3ccc(F)cc3)n2)cc1. The first-order valence-corrected chi connectivity index (χ1v) is 11.6. The third-order valence-electron chi connectivity index (χ3n) is 4.39. The van der Waals surface area contributed by atoms with Crippen LogP contribution in [0.2, 0.25) is 0 Å². The van der Waals surface area contributed by atoms with Gasteiger partial charge in [-0.05, 0) is 35.7 Å². The number of thiazole rings is 1. The maximum atomic E-state index is 12.9. The second kappa shape index (κ2) is 8.84. The van der Waals surface area contributed by atoms with Gasteiger partial charge in [0.05, 0.1) is 16.3 Å². The van der Waals surface area contributed by atoms with Crippen LogP contribution in [0, 0.1) is 5.82 Å². The Balaban J connectivity index is 1.59. The van der Waals surface area contributed by atoms with Crippen LogP contribution in [0.3, 0.4) is 0 Å². The van der Waals surface area contributed by atoms with Gasteiger partial charge < -0.3 is 5.32 Å². The predicted octanol–water partition coefficient (Wildman–Crippen LogP) is 4.88. The molecule has 0 aliphatic carbocycles. The Morgan fingerprint density at radius 2 is 1.76 bits per heavy atom. The molecule has 1 N–H and O–H groups in total. The minimum atomic E-state index is -3.66. The highest BCUT2D eigenvalue weighted by molar-refractivity contribution is 7.91. The third kappa shape index (κ3) is 5.48. The molecule has 2 aromatic carbocycles. The first-order valence-electron chi connectivity index (χ1n) is 9.08. The highest BCUT2D eigenvalue weighted by atomic mass is 32.2. The number of nitrogens with zero attached hydrogens (tertiary/aromatic N) is 1. The molecule has 0 aliphatic rings. The van der Waals surface area contributed by atoms with Crippen molar-refractivity contribution < 1.29 is 17.6 Å². The van der Waals surface area contributed by atoms with Gasteiger partial charge in [0.1, 0.15) is 5.82 Å². The number of amides is 1. The largest absolute Gasteiger partial charge is 0.302 e. The lowest BCUT2D eigenvalue weighted by Gasteiger charge is -2.05. The van der Waals surface area contributed by atoms with Gasteiger partial charge in [-0.1, -0.05) is 38.1 Å². The Labute approximate surface area is 173 Å². The van der Waals surface area contributed by atoms with Crippen LogP contribution in [0.25, 0.3) is 11.3 Å². The summed E-state index contributed by atoms with van der Waals surface area (Å²) in [5.41, 5.74) is 2.93. The van der Waals surface area contributed by atoms with Crippen molar-refractivity contribution in [1.29, 1.82) is 0 Å². The maximum absolute atomic E-state index is 12.9. The van der Waals surface area contributed by atoms with Crippen molar-refractivity contribution in [3.05, 3.63) is 65.3 Å².